The number of likely N-dealkylation sites (tertiary alicyclic amines) is 1. The van der Waals surface area contributed by atoms with Crippen LogP contribution in [0.2, 0.25) is 0 Å². The van der Waals surface area contributed by atoms with Gasteiger partial charge in [0.1, 0.15) is 6.04 Å². The monoisotopic (exact) mass is 332 g/mol. The van der Waals surface area contributed by atoms with E-state index in [1.54, 1.807) is 16.7 Å². The van der Waals surface area contributed by atoms with Gasteiger partial charge in [0.05, 0.1) is 20.1 Å². The molecule has 0 saturated carbocycles. The Balaban J connectivity index is 2.49. The fourth-order valence-electron chi connectivity index (χ4n) is 2.35. The molecule has 8 heteroatoms. The first-order valence-corrected chi connectivity index (χ1v) is 8.62. The van der Waals surface area contributed by atoms with Gasteiger partial charge in [-0.15, -0.1) is 0 Å². The minimum Gasteiger partial charge on any atom is -0.469 e. The maximum atomic E-state index is 12.2. The van der Waals surface area contributed by atoms with Crippen LogP contribution in [0.1, 0.15) is 19.3 Å². The van der Waals surface area contributed by atoms with Gasteiger partial charge < -0.3 is 19.7 Å². The number of piperidine rings is 1. The van der Waals surface area contributed by atoms with E-state index in [1.807, 2.05) is 6.26 Å². The summed E-state index contributed by atoms with van der Waals surface area (Å²) in [6, 6.07) is -0.928. The molecule has 1 heterocycles. The van der Waals surface area contributed by atoms with E-state index in [0.717, 1.165) is 5.75 Å². The first-order chi connectivity index (χ1) is 10.5. The highest BCUT2D eigenvalue weighted by molar-refractivity contribution is 7.98. The summed E-state index contributed by atoms with van der Waals surface area (Å²) in [6.45, 7) is 0.948. The second kappa shape index (κ2) is 9.55. The van der Waals surface area contributed by atoms with Gasteiger partial charge in [-0.2, -0.15) is 11.8 Å². The number of carbonyl (C=O) groups is 3. The zero-order valence-electron chi connectivity index (χ0n) is 13.3. The molecule has 126 valence electrons. The SMILES string of the molecule is COC(=O)C1CCN(C(=O)NC(CCSC)C(=O)OC)CC1. The van der Waals surface area contributed by atoms with E-state index in [0.29, 0.717) is 32.4 Å². The number of rotatable bonds is 6. The van der Waals surface area contributed by atoms with Gasteiger partial charge in [-0.3, -0.25) is 4.79 Å². The number of nitrogens with one attached hydrogen (secondary N) is 1. The minimum absolute atomic E-state index is 0.151. The maximum absolute atomic E-state index is 12.2. The van der Waals surface area contributed by atoms with Crippen molar-refractivity contribution in [2.75, 3.05) is 39.3 Å². The lowest BCUT2D eigenvalue weighted by Gasteiger charge is -2.31. The van der Waals surface area contributed by atoms with Gasteiger partial charge in [0.25, 0.3) is 0 Å². The van der Waals surface area contributed by atoms with E-state index < -0.39 is 12.0 Å². The van der Waals surface area contributed by atoms with Crippen LogP contribution in [0.4, 0.5) is 4.79 Å². The lowest BCUT2D eigenvalue weighted by Crippen LogP contribution is -2.51. The van der Waals surface area contributed by atoms with Crippen LogP contribution in [-0.2, 0) is 19.1 Å². The van der Waals surface area contributed by atoms with Crippen molar-refractivity contribution in [1.82, 2.24) is 10.2 Å². The van der Waals surface area contributed by atoms with Crippen molar-refractivity contribution in [2.24, 2.45) is 5.92 Å². The number of thioether (sulfide) groups is 1. The second-order valence-corrected chi connectivity index (χ2v) is 6.08. The lowest BCUT2D eigenvalue weighted by molar-refractivity contribution is -0.146. The lowest BCUT2D eigenvalue weighted by atomic mass is 9.97. The first-order valence-electron chi connectivity index (χ1n) is 7.23. The summed E-state index contributed by atoms with van der Waals surface area (Å²) < 4.78 is 9.44. The Hall–Kier alpha value is -1.44. The van der Waals surface area contributed by atoms with Gasteiger partial charge in [0.15, 0.2) is 0 Å². The van der Waals surface area contributed by atoms with Crippen LogP contribution in [0.3, 0.4) is 0 Å². The smallest absolute Gasteiger partial charge is 0.328 e. The summed E-state index contributed by atoms with van der Waals surface area (Å²) in [5, 5.41) is 2.71. The van der Waals surface area contributed by atoms with Gasteiger partial charge in [0, 0.05) is 13.1 Å². The molecular weight excluding hydrogens is 308 g/mol. The van der Waals surface area contributed by atoms with Crippen LogP contribution in [0.25, 0.3) is 0 Å². The van der Waals surface area contributed by atoms with Crippen molar-refractivity contribution >= 4 is 29.7 Å². The molecule has 0 bridgehead atoms. The van der Waals surface area contributed by atoms with Crippen molar-refractivity contribution < 1.29 is 23.9 Å². The molecule has 22 heavy (non-hydrogen) atoms. The molecule has 7 nitrogen and oxygen atoms in total. The van der Waals surface area contributed by atoms with Gasteiger partial charge >= 0.3 is 18.0 Å². The Bertz CT molecular complexity index is 397. The Morgan fingerprint density at radius 2 is 1.86 bits per heavy atom. The van der Waals surface area contributed by atoms with Gasteiger partial charge in [0.2, 0.25) is 0 Å². The number of ether oxygens (including phenoxy) is 2. The molecule has 1 N–H and O–H groups in total. The van der Waals surface area contributed by atoms with Crippen LogP contribution >= 0.6 is 11.8 Å². The number of nitrogens with zero attached hydrogens (tertiary/aromatic N) is 1. The number of hydrogen-bond acceptors (Lipinski definition) is 6. The summed E-state index contributed by atoms with van der Waals surface area (Å²) >= 11 is 1.60. The molecule has 0 aromatic carbocycles. The third kappa shape index (κ3) is 5.40. The molecule has 1 unspecified atom stereocenters. The van der Waals surface area contributed by atoms with Gasteiger partial charge in [-0.05, 0) is 31.3 Å². The largest absolute Gasteiger partial charge is 0.469 e. The topological polar surface area (TPSA) is 84.9 Å². The average Bonchev–Trinajstić information content (AvgIpc) is 2.56. The van der Waals surface area contributed by atoms with Crippen LogP contribution in [0.5, 0.6) is 0 Å². The van der Waals surface area contributed by atoms with Crippen LogP contribution in [-0.4, -0.2) is 68.2 Å². The molecule has 0 aliphatic carbocycles. The number of esters is 2. The van der Waals surface area contributed by atoms with Crippen LogP contribution in [0, 0.1) is 5.92 Å². The molecule has 0 aromatic rings. The summed E-state index contributed by atoms with van der Waals surface area (Å²) in [5.74, 6) is -0.0639. The quantitative estimate of drug-likeness (QED) is 0.727. The zero-order chi connectivity index (χ0) is 16.5. The Morgan fingerprint density at radius 3 is 2.36 bits per heavy atom. The first kappa shape index (κ1) is 18.6. The number of hydrogen-bond donors (Lipinski definition) is 1. The van der Waals surface area contributed by atoms with Crippen LogP contribution < -0.4 is 5.32 Å². The van der Waals surface area contributed by atoms with E-state index in [2.05, 4.69) is 5.32 Å². The van der Waals surface area contributed by atoms with E-state index in [9.17, 15) is 14.4 Å². The van der Waals surface area contributed by atoms with E-state index in [-0.39, 0.29) is 17.9 Å². The average molecular weight is 332 g/mol. The Labute approximate surface area is 135 Å². The summed E-state index contributed by atoms with van der Waals surface area (Å²) in [4.78, 5) is 37.0. The Morgan fingerprint density at radius 1 is 1.23 bits per heavy atom. The minimum atomic E-state index is -0.636. The molecular formula is C14H24N2O5S. The second-order valence-electron chi connectivity index (χ2n) is 5.09. The molecule has 1 aliphatic heterocycles. The molecule has 0 radical (unpaired) electrons. The number of carbonyl (C=O) groups excluding carboxylic acids is 3. The van der Waals surface area contributed by atoms with E-state index in [1.165, 1.54) is 14.2 Å². The predicted molar refractivity (Wildman–Crippen MR) is 83.6 cm³/mol. The highest BCUT2D eigenvalue weighted by atomic mass is 32.2. The van der Waals surface area contributed by atoms with Gasteiger partial charge in [-0.25, -0.2) is 9.59 Å². The third-order valence-corrected chi connectivity index (χ3v) is 4.35. The van der Waals surface area contributed by atoms with E-state index >= 15 is 0 Å². The molecule has 0 aromatic heterocycles. The highest BCUT2D eigenvalue weighted by Gasteiger charge is 2.30. The molecule has 1 atom stereocenters. The standard InChI is InChI=1S/C14H24N2O5S/c1-20-12(17)10-4-7-16(8-5-10)14(19)15-11(6-9-22-3)13(18)21-2/h10-11H,4-9H2,1-3H3,(H,15,19). The molecule has 1 fully saturated rings. The molecule has 2 amide bonds. The number of methoxy groups -OCH3 is 2. The van der Waals surface area contributed by atoms with E-state index in [4.69, 9.17) is 9.47 Å². The zero-order valence-corrected chi connectivity index (χ0v) is 14.1. The fourth-order valence-corrected chi connectivity index (χ4v) is 2.82. The van der Waals surface area contributed by atoms with Crippen molar-refractivity contribution in [3.8, 4) is 0 Å². The third-order valence-electron chi connectivity index (χ3n) is 3.71. The van der Waals surface area contributed by atoms with Crippen molar-refractivity contribution in [2.45, 2.75) is 25.3 Å². The number of urea groups is 1. The fraction of sp³-hybridized carbons (Fsp3) is 0.786. The summed E-state index contributed by atoms with van der Waals surface area (Å²) in [7, 11) is 2.68. The maximum Gasteiger partial charge on any atom is 0.328 e. The Kier molecular flexibility index (Phi) is 8.08. The molecule has 0 spiro atoms. The molecule has 1 aliphatic rings. The molecule has 1 rings (SSSR count). The summed E-state index contributed by atoms with van der Waals surface area (Å²) in [5.41, 5.74) is 0. The molecule has 1 saturated heterocycles. The van der Waals surface area contributed by atoms with Crippen molar-refractivity contribution in [1.29, 1.82) is 0 Å². The normalized spacial score (nSPS) is 16.8. The number of amides is 2. The van der Waals surface area contributed by atoms with Crippen molar-refractivity contribution in [3.63, 3.8) is 0 Å². The predicted octanol–water partition coefficient (Wildman–Crippen LogP) is 0.876. The summed E-state index contributed by atoms with van der Waals surface area (Å²) in [6.07, 6.45) is 3.62. The van der Waals surface area contributed by atoms with Gasteiger partial charge in [-0.1, -0.05) is 0 Å². The van der Waals surface area contributed by atoms with Crippen LogP contribution in [0.15, 0.2) is 0 Å². The van der Waals surface area contributed by atoms with Crippen molar-refractivity contribution in [3.05, 3.63) is 0 Å². The highest BCUT2D eigenvalue weighted by Crippen LogP contribution is 2.18.